The summed E-state index contributed by atoms with van der Waals surface area (Å²) in [5.74, 6) is 0.787. The zero-order valence-corrected chi connectivity index (χ0v) is 18.4. The van der Waals surface area contributed by atoms with Crippen molar-refractivity contribution in [1.82, 2.24) is 14.7 Å². The topological polar surface area (TPSA) is 56.6 Å². The summed E-state index contributed by atoms with van der Waals surface area (Å²) in [6.45, 7) is 5.85. The standard InChI is InChI=1S/C25H29N3O3/c1-18-14-19(2)28(26-18)22-11-9-21(10-12-22)25(29)27(17-24-8-5-13-31-24)16-20-6-4-7-23(15-20)30-3/h4,6-7,9-12,14-15,24H,5,8,13,16-17H2,1-3H3/t24-/m0/s1. The van der Waals surface area contributed by atoms with Crippen LogP contribution in [0.5, 0.6) is 5.75 Å². The summed E-state index contributed by atoms with van der Waals surface area (Å²) in [7, 11) is 1.65. The molecule has 0 bridgehead atoms. The zero-order valence-electron chi connectivity index (χ0n) is 18.4. The van der Waals surface area contributed by atoms with Gasteiger partial charge in [0.1, 0.15) is 5.75 Å². The minimum absolute atomic E-state index is 0.00163. The van der Waals surface area contributed by atoms with E-state index in [1.165, 1.54) is 0 Å². The number of benzene rings is 2. The third-order valence-electron chi connectivity index (χ3n) is 5.61. The van der Waals surface area contributed by atoms with Gasteiger partial charge >= 0.3 is 0 Å². The van der Waals surface area contributed by atoms with E-state index in [4.69, 9.17) is 9.47 Å². The number of rotatable bonds is 7. The Balaban J connectivity index is 1.56. The molecule has 1 aliphatic heterocycles. The maximum Gasteiger partial charge on any atom is 0.254 e. The fourth-order valence-corrected chi connectivity index (χ4v) is 4.06. The van der Waals surface area contributed by atoms with Gasteiger partial charge in [-0.15, -0.1) is 0 Å². The first-order chi connectivity index (χ1) is 15.0. The molecule has 1 fully saturated rings. The summed E-state index contributed by atoms with van der Waals surface area (Å²) < 4.78 is 13.1. The van der Waals surface area contributed by atoms with Crippen LogP contribution in [0.15, 0.2) is 54.6 Å². The molecule has 0 spiro atoms. The fraction of sp³-hybridized carbons (Fsp3) is 0.360. The van der Waals surface area contributed by atoms with Crippen LogP contribution in [0.2, 0.25) is 0 Å². The summed E-state index contributed by atoms with van der Waals surface area (Å²) in [5.41, 5.74) is 4.67. The van der Waals surface area contributed by atoms with Gasteiger partial charge in [-0.25, -0.2) is 4.68 Å². The first-order valence-electron chi connectivity index (χ1n) is 10.7. The number of nitrogens with zero attached hydrogens (tertiary/aromatic N) is 3. The molecule has 0 N–H and O–H groups in total. The van der Waals surface area contributed by atoms with Crippen molar-refractivity contribution in [2.24, 2.45) is 0 Å². The highest BCUT2D eigenvalue weighted by Gasteiger charge is 2.24. The summed E-state index contributed by atoms with van der Waals surface area (Å²) >= 11 is 0. The molecule has 2 aromatic carbocycles. The quantitative estimate of drug-likeness (QED) is 0.572. The van der Waals surface area contributed by atoms with Gasteiger partial charge in [0.2, 0.25) is 0 Å². The normalized spacial score (nSPS) is 15.8. The Bertz CT molecular complexity index is 1040. The number of amides is 1. The number of methoxy groups -OCH3 is 1. The number of hydrogen-bond acceptors (Lipinski definition) is 4. The van der Waals surface area contributed by atoms with Crippen LogP contribution >= 0.6 is 0 Å². The molecule has 6 nitrogen and oxygen atoms in total. The molecule has 3 aromatic rings. The second-order valence-electron chi connectivity index (χ2n) is 8.06. The van der Waals surface area contributed by atoms with E-state index in [-0.39, 0.29) is 12.0 Å². The first kappa shape index (κ1) is 21.1. The summed E-state index contributed by atoms with van der Waals surface area (Å²) in [4.78, 5) is 15.3. The Morgan fingerprint density at radius 2 is 2.00 bits per heavy atom. The number of carbonyl (C=O) groups excluding carboxylic acids is 1. The molecule has 0 saturated carbocycles. The van der Waals surface area contributed by atoms with Crippen LogP contribution in [0.4, 0.5) is 0 Å². The van der Waals surface area contributed by atoms with Crippen molar-refractivity contribution in [2.45, 2.75) is 39.3 Å². The van der Waals surface area contributed by atoms with Crippen molar-refractivity contribution in [3.8, 4) is 11.4 Å². The van der Waals surface area contributed by atoms with E-state index in [0.29, 0.717) is 18.7 Å². The van der Waals surface area contributed by atoms with E-state index in [9.17, 15) is 4.79 Å². The smallest absolute Gasteiger partial charge is 0.254 e. The molecule has 0 unspecified atom stereocenters. The number of hydrogen-bond donors (Lipinski definition) is 0. The van der Waals surface area contributed by atoms with Crippen LogP contribution in [0.25, 0.3) is 5.69 Å². The lowest BCUT2D eigenvalue weighted by Crippen LogP contribution is -2.37. The molecule has 4 rings (SSSR count). The summed E-state index contributed by atoms with van der Waals surface area (Å²) in [6.07, 6.45) is 2.12. The highest BCUT2D eigenvalue weighted by atomic mass is 16.5. The van der Waals surface area contributed by atoms with Gasteiger partial charge in [-0.3, -0.25) is 4.79 Å². The Morgan fingerprint density at radius 3 is 2.65 bits per heavy atom. The molecule has 0 aliphatic carbocycles. The molecule has 31 heavy (non-hydrogen) atoms. The van der Waals surface area contributed by atoms with Crippen LogP contribution in [-0.2, 0) is 11.3 Å². The molecule has 1 aliphatic rings. The Labute approximate surface area is 183 Å². The van der Waals surface area contributed by atoms with E-state index >= 15 is 0 Å². The predicted molar refractivity (Wildman–Crippen MR) is 120 cm³/mol. The number of aryl methyl sites for hydroxylation is 2. The Hall–Kier alpha value is -3.12. The molecular formula is C25H29N3O3. The number of carbonyl (C=O) groups is 1. The van der Waals surface area contributed by atoms with Gasteiger partial charge in [0.25, 0.3) is 5.91 Å². The average Bonchev–Trinajstić information content (AvgIpc) is 3.42. The van der Waals surface area contributed by atoms with Gasteiger partial charge in [-0.1, -0.05) is 12.1 Å². The van der Waals surface area contributed by atoms with E-state index in [1.54, 1.807) is 7.11 Å². The largest absolute Gasteiger partial charge is 0.497 e. The second kappa shape index (κ2) is 9.35. The molecule has 1 amide bonds. The van der Waals surface area contributed by atoms with E-state index in [1.807, 2.05) is 78.0 Å². The molecule has 6 heteroatoms. The summed E-state index contributed by atoms with van der Waals surface area (Å²) in [6, 6.07) is 17.5. The SMILES string of the molecule is COc1cccc(CN(C[C@@H]2CCCO2)C(=O)c2ccc(-n3nc(C)cc3C)cc2)c1. The molecule has 1 atom stereocenters. The fourth-order valence-electron chi connectivity index (χ4n) is 4.06. The van der Waals surface area contributed by atoms with Crippen molar-refractivity contribution in [3.05, 3.63) is 77.1 Å². The number of ether oxygens (including phenoxy) is 2. The zero-order chi connectivity index (χ0) is 21.8. The minimum atomic E-state index is -0.00163. The van der Waals surface area contributed by atoms with Gasteiger partial charge < -0.3 is 14.4 Å². The van der Waals surface area contributed by atoms with Gasteiger partial charge in [0.15, 0.2) is 0 Å². The van der Waals surface area contributed by atoms with Gasteiger partial charge in [0, 0.05) is 31.0 Å². The molecule has 0 radical (unpaired) electrons. The van der Waals surface area contributed by atoms with Crippen molar-refractivity contribution < 1.29 is 14.3 Å². The molecule has 1 saturated heterocycles. The maximum absolute atomic E-state index is 13.4. The monoisotopic (exact) mass is 419 g/mol. The second-order valence-corrected chi connectivity index (χ2v) is 8.06. The van der Waals surface area contributed by atoms with Gasteiger partial charge in [-0.2, -0.15) is 5.10 Å². The Morgan fingerprint density at radius 1 is 1.19 bits per heavy atom. The average molecular weight is 420 g/mol. The minimum Gasteiger partial charge on any atom is -0.497 e. The Kier molecular flexibility index (Phi) is 6.37. The van der Waals surface area contributed by atoms with Crippen LogP contribution in [-0.4, -0.2) is 47.0 Å². The van der Waals surface area contributed by atoms with E-state index < -0.39 is 0 Å². The third kappa shape index (κ3) is 4.97. The lowest BCUT2D eigenvalue weighted by Gasteiger charge is -2.26. The van der Waals surface area contributed by atoms with Crippen LogP contribution in [0.1, 0.15) is 40.2 Å². The van der Waals surface area contributed by atoms with Crippen molar-refractivity contribution >= 4 is 5.91 Å². The van der Waals surface area contributed by atoms with Crippen molar-refractivity contribution in [3.63, 3.8) is 0 Å². The highest BCUT2D eigenvalue weighted by Crippen LogP contribution is 2.20. The van der Waals surface area contributed by atoms with E-state index in [2.05, 4.69) is 5.10 Å². The molecule has 162 valence electrons. The third-order valence-corrected chi connectivity index (χ3v) is 5.61. The number of aromatic nitrogens is 2. The van der Waals surface area contributed by atoms with Crippen molar-refractivity contribution in [2.75, 3.05) is 20.3 Å². The molecule has 2 heterocycles. The molecule has 1 aromatic heterocycles. The van der Waals surface area contributed by atoms with Crippen molar-refractivity contribution in [1.29, 1.82) is 0 Å². The predicted octanol–water partition coefficient (Wildman–Crippen LogP) is 4.32. The highest BCUT2D eigenvalue weighted by molar-refractivity contribution is 5.94. The van der Waals surface area contributed by atoms with Gasteiger partial charge in [-0.05, 0) is 74.7 Å². The molecular weight excluding hydrogens is 390 g/mol. The maximum atomic E-state index is 13.4. The first-order valence-corrected chi connectivity index (χ1v) is 10.7. The lowest BCUT2D eigenvalue weighted by molar-refractivity contribution is 0.0507. The summed E-state index contributed by atoms with van der Waals surface area (Å²) in [5, 5.41) is 4.52. The van der Waals surface area contributed by atoms with Crippen LogP contribution < -0.4 is 4.74 Å². The van der Waals surface area contributed by atoms with Gasteiger partial charge in [0.05, 0.1) is 24.6 Å². The van der Waals surface area contributed by atoms with Crippen LogP contribution in [0.3, 0.4) is 0 Å². The van der Waals surface area contributed by atoms with E-state index in [0.717, 1.165) is 47.8 Å². The van der Waals surface area contributed by atoms with Crippen LogP contribution in [0, 0.1) is 13.8 Å². The lowest BCUT2D eigenvalue weighted by atomic mass is 10.1.